The lowest BCUT2D eigenvalue weighted by atomic mass is 9.99. The van der Waals surface area contributed by atoms with Gasteiger partial charge < -0.3 is 0 Å². The van der Waals surface area contributed by atoms with E-state index in [-0.39, 0.29) is 0 Å². The van der Waals surface area contributed by atoms with Crippen LogP contribution in [0.1, 0.15) is 52.9 Å². The summed E-state index contributed by atoms with van der Waals surface area (Å²) in [7, 11) is 0. The van der Waals surface area contributed by atoms with Crippen molar-refractivity contribution in [1.29, 1.82) is 0 Å². The smallest absolute Gasteiger partial charge is 0.0204 e. The first-order valence-corrected chi connectivity index (χ1v) is 5.17. The lowest BCUT2D eigenvalue weighted by Crippen LogP contribution is -1.95. The van der Waals surface area contributed by atoms with E-state index in [0.717, 1.165) is 16.7 Å². The number of fused-ring (bicyclic) bond motifs is 1. The minimum atomic E-state index is 0.820. The third-order valence-electron chi connectivity index (χ3n) is 4.62. The Hall–Kier alpha value is 0. The van der Waals surface area contributed by atoms with E-state index in [1.807, 2.05) is 0 Å². The molecular weight excluding hydrogens is 132 g/mol. The lowest BCUT2D eigenvalue weighted by molar-refractivity contribution is 0.449. The van der Waals surface area contributed by atoms with Gasteiger partial charge in [-0.1, -0.05) is 40.0 Å². The molecule has 0 saturated heterocycles. The molecule has 0 bridgehead atoms. The van der Waals surface area contributed by atoms with Gasteiger partial charge in [-0.2, -0.15) is 0 Å². The van der Waals surface area contributed by atoms with Crippen molar-refractivity contribution in [2.24, 2.45) is 16.7 Å². The Balaban J connectivity index is 1.74. The zero-order valence-electron chi connectivity index (χ0n) is 8.11. The Kier molecular flexibility index (Phi) is 1.41. The average Bonchev–Trinajstić information content (AvgIpc) is 2.73. The maximum absolute atomic E-state index is 2.48. The first kappa shape index (κ1) is 7.64. The topological polar surface area (TPSA) is 0 Å². The molecule has 3 atom stereocenters. The Morgan fingerprint density at radius 2 is 2.00 bits per heavy atom. The van der Waals surface area contributed by atoms with E-state index in [4.69, 9.17) is 0 Å². The molecule has 0 nitrogen and oxygen atoms in total. The molecule has 0 spiro atoms. The van der Waals surface area contributed by atoms with Crippen LogP contribution in [-0.4, -0.2) is 0 Å². The van der Waals surface area contributed by atoms with Crippen molar-refractivity contribution in [3.05, 3.63) is 0 Å². The molecule has 0 aromatic carbocycles. The van der Waals surface area contributed by atoms with Crippen molar-refractivity contribution in [3.63, 3.8) is 0 Å². The van der Waals surface area contributed by atoms with Crippen molar-refractivity contribution < 1.29 is 0 Å². The van der Waals surface area contributed by atoms with Crippen LogP contribution in [0, 0.1) is 16.7 Å². The first-order valence-electron chi connectivity index (χ1n) is 5.17. The van der Waals surface area contributed by atoms with Crippen LogP contribution in [0.3, 0.4) is 0 Å². The van der Waals surface area contributed by atoms with Crippen molar-refractivity contribution >= 4 is 0 Å². The molecular formula is C11H20. The fraction of sp³-hybridized carbons (Fsp3) is 1.00. The number of rotatable bonds is 4. The summed E-state index contributed by atoms with van der Waals surface area (Å²) >= 11 is 0. The molecule has 0 aromatic rings. The molecule has 2 aliphatic carbocycles. The summed E-state index contributed by atoms with van der Waals surface area (Å²) in [5.41, 5.74) is 1.68. The van der Waals surface area contributed by atoms with Crippen molar-refractivity contribution in [3.8, 4) is 0 Å². The van der Waals surface area contributed by atoms with Gasteiger partial charge in [-0.05, 0) is 29.6 Å². The molecule has 11 heavy (non-hydrogen) atoms. The van der Waals surface area contributed by atoms with Gasteiger partial charge in [0.25, 0.3) is 0 Å². The Bertz CT molecular complexity index is 173. The van der Waals surface area contributed by atoms with Gasteiger partial charge in [0.1, 0.15) is 0 Å². The summed E-state index contributed by atoms with van der Waals surface area (Å²) in [6.45, 7) is 7.21. The van der Waals surface area contributed by atoms with Crippen molar-refractivity contribution in [2.45, 2.75) is 52.9 Å². The van der Waals surface area contributed by atoms with Crippen LogP contribution in [0.4, 0.5) is 0 Å². The SMILES string of the molecule is CCCCCC12CC1(C)C2C. The van der Waals surface area contributed by atoms with E-state index in [9.17, 15) is 0 Å². The molecule has 2 rings (SSSR count). The zero-order chi connectivity index (χ0) is 8.11. The van der Waals surface area contributed by atoms with Crippen LogP contribution in [-0.2, 0) is 0 Å². The summed E-state index contributed by atoms with van der Waals surface area (Å²) in [6, 6.07) is 0. The number of hydrogen-bond donors (Lipinski definition) is 0. The molecule has 2 aliphatic rings. The highest BCUT2D eigenvalue weighted by Crippen LogP contribution is 2.91. The molecule has 3 unspecified atom stereocenters. The van der Waals surface area contributed by atoms with Gasteiger partial charge in [0.2, 0.25) is 0 Å². The fourth-order valence-electron chi connectivity index (χ4n) is 3.17. The Labute approximate surface area is 70.4 Å². The van der Waals surface area contributed by atoms with Gasteiger partial charge in [0.15, 0.2) is 0 Å². The van der Waals surface area contributed by atoms with Gasteiger partial charge in [0.05, 0.1) is 0 Å². The molecule has 2 fully saturated rings. The molecule has 0 heteroatoms. The summed E-state index contributed by atoms with van der Waals surface area (Å²) in [5.74, 6) is 1.06. The van der Waals surface area contributed by atoms with E-state index in [2.05, 4.69) is 20.8 Å². The summed E-state index contributed by atoms with van der Waals surface area (Å²) in [4.78, 5) is 0. The van der Waals surface area contributed by atoms with Crippen LogP contribution in [0.25, 0.3) is 0 Å². The highest BCUT2D eigenvalue weighted by molar-refractivity contribution is 5.32. The fourth-order valence-corrected chi connectivity index (χ4v) is 3.17. The van der Waals surface area contributed by atoms with Gasteiger partial charge in [-0.15, -0.1) is 0 Å². The normalized spacial score (nSPS) is 52.1. The maximum Gasteiger partial charge on any atom is -0.0204 e. The van der Waals surface area contributed by atoms with Crippen LogP contribution >= 0.6 is 0 Å². The lowest BCUT2D eigenvalue weighted by Gasteiger charge is -2.06. The van der Waals surface area contributed by atoms with Gasteiger partial charge >= 0.3 is 0 Å². The number of unbranched alkanes of at least 4 members (excludes halogenated alkanes) is 2. The molecule has 64 valence electrons. The zero-order valence-corrected chi connectivity index (χ0v) is 8.11. The Morgan fingerprint density at radius 3 is 2.36 bits per heavy atom. The van der Waals surface area contributed by atoms with Crippen LogP contribution in [0.15, 0.2) is 0 Å². The minimum Gasteiger partial charge on any atom is -0.0654 e. The molecule has 0 heterocycles. The number of hydrogen-bond acceptors (Lipinski definition) is 0. The van der Waals surface area contributed by atoms with E-state index in [1.165, 1.54) is 25.7 Å². The standard InChI is InChI=1S/C11H20/c1-4-5-6-7-11-8-10(11,3)9(11)2/h9H,4-8H2,1-3H3. The van der Waals surface area contributed by atoms with Crippen LogP contribution in [0.2, 0.25) is 0 Å². The summed E-state index contributed by atoms with van der Waals surface area (Å²) < 4.78 is 0. The predicted molar refractivity (Wildman–Crippen MR) is 48.5 cm³/mol. The Morgan fingerprint density at radius 1 is 1.36 bits per heavy atom. The molecule has 0 aromatic heterocycles. The average molecular weight is 152 g/mol. The molecule has 0 N–H and O–H groups in total. The summed E-state index contributed by atoms with van der Waals surface area (Å²) in [5, 5.41) is 0. The molecule has 0 amide bonds. The van der Waals surface area contributed by atoms with E-state index < -0.39 is 0 Å². The van der Waals surface area contributed by atoms with Gasteiger partial charge in [0, 0.05) is 0 Å². The van der Waals surface area contributed by atoms with E-state index in [1.54, 1.807) is 6.42 Å². The van der Waals surface area contributed by atoms with Crippen molar-refractivity contribution in [2.75, 3.05) is 0 Å². The minimum absolute atomic E-state index is 0.820. The third-order valence-corrected chi connectivity index (χ3v) is 4.62. The quantitative estimate of drug-likeness (QED) is 0.540. The third kappa shape index (κ3) is 0.761. The largest absolute Gasteiger partial charge is 0.0654 e. The highest BCUT2D eigenvalue weighted by Gasteiger charge is 2.84. The summed E-state index contributed by atoms with van der Waals surface area (Å²) in [6.07, 6.45) is 7.38. The second-order valence-corrected chi connectivity index (χ2v) is 4.93. The highest BCUT2D eigenvalue weighted by atomic mass is 14.9. The molecule has 0 aliphatic heterocycles. The molecule has 0 radical (unpaired) electrons. The van der Waals surface area contributed by atoms with Crippen LogP contribution < -0.4 is 0 Å². The molecule has 2 saturated carbocycles. The van der Waals surface area contributed by atoms with Gasteiger partial charge in [-0.25, -0.2) is 0 Å². The second kappa shape index (κ2) is 2.02. The second-order valence-electron chi connectivity index (χ2n) is 4.93. The van der Waals surface area contributed by atoms with E-state index >= 15 is 0 Å². The monoisotopic (exact) mass is 152 g/mol. The van der Waals surface area contributed by atoms with Gasteiger partial charge in [-0.3, -0.25) is 0 Å². The maximum atomic E-state index is 2.48. The predicted octanol–water partition coefficient (Wildman–Crippen LogP) is 3.61. The van der Waals surface area contributed by atoms with Crippen LogP contribution in [0.5, 0.6) is 0 Å². The van der Waals surface area contributed by atoms with Crippen molar-refractivity contribution in [1.82, 2.24) is 0 Å². The first-order chi connectivity index (χ1) is 5.17. The van der Waals surface area contributed by atoms with E-state index in [0.29, 0.717) is 0 Å².